The number of hydrogen-bond donors (Lipinski definition) is 0. The van der Waals surface area contributed by atoms with Gasteiger partial charge in [0.25, 0.3) is 0 Å². The summed E-state index contributed by atoms with van der Waals surface area (Å²) < 4.78 is 57.4. The molecule has 1 aliphatic heterocycles. The highest BCUT2D eigenvalue weighted by Crippen LogP contribution is 2.28. The molecule has 9 nitrogen and oxygen atoms in total. The molecule has 2 aromatic heterocycles. The molecule has 194 valence electrons. The zero-order valence-electron chi connectivity index (χ0n) is 20.4. The molecule has 0 amide bonds. The molecule has 0 radical (unpaired) electrons. The van der Waals surface area contributed by atoms with Crippen LogP contribution in [-0.2, 0) is 16.6 Å². The number of hydrogen-bond acceptors (Lipinski definition) is 7. The Morgan fingerprint density at radius 2 is 1.70 bits per heavy atom. The summed E-state index contributed by atoms with van der Waals surface area (Å²) in [7, 11) is -3.20. The Labute approximate surface area is 213 Å². The maximum Gasteiger partial charge on any atom is 0.387 e. The maximum absolute atomic E-state index is 12.9. The van der Waals surface area contributed by atoms with Crippen LogP contribution in [0.25, 0.3) is 22.2 Å². The molecule has 0 atom stereocenters. The fraction of sp³-hybridized carbons (Fsp3) is 0.320. The lowest BCUT2D eigenvalue weighted by Crippen LogP contribution is -2.48. The summed E-state index contributed by atoms with van der Waals surface area (Å²) >= 11 is 0. The predicted octanol–water partition coefficient (Wildman–Crippen LogP) is 3.53. The molecule has 12 heteroatoms. The number of anilines is 1. The highest BCUT2D eigenvalue weighted by atomic mass is 32.2. The number of piperazine rings is 1. The van der Waals surface area contributed by atoms with E-state index in [1.807, 2.05) is 34.6 Å². The molecule has 0 spiro atoms. The van der Waals surface area contributed by atoms with Gasteiger partial charge in [0.05, 0.1) is 23.8 Å². The van der Waals surface area contributed by atoms with Crippen molar-refractivity contribution in [3.8, 4) is 16.9 Å². The van der Waals surface area contributed by atoms with Crippen LogP contribution in [0.15, 0.2) is 54.9 Å². The van der Waals surface area contributed by atoms with Crippen molar-refractivity contribution in [1.29, 1.82) is 0 Å². The van der Waals surface area contributed by atoms with E-state index in [9.17, 15) is 17.2 Å². The van der Waals surface area contributed by atoms with Crippen molar-refractivity contribution >= 4 is 27.0 Å². The number of ether oxygens (including phenoxy) is 1. The molecule has 4 aromatic rings. The van der Waals surface area contributed by atoms with Crippen molar-refractivity contribution in [2.45, 2.75) is 20.1 Å². The van der Waals surface area contributed by atoms with Crippen molar-refractivity contribution in [3.05, 3.63) is 66.2 Å². The molecule has 0 saturated carbocycles. The highest BCUT2D eigenvalue weighted by Gasteiger charge is 2.24. The zero-order valence-corrected chi connectivity index (χ0v) is 21.2. The van der Waals surface area contributed by atoms with Crippen LogP contribution in [0.2, 0.25) is 0 Å². The van der Waals surface area contributed by atoms with Crippen LogP contribution >= 0.6 is 0 Å². The van der Waals surface area contributed by atoms with Gasteiger partial charge in [0.15, 0.2) is 0 Å². The first-order chi connectivity index (χ1) is 17.7. The summed E-state index contributed by atoms with van der Waals surface area (Å²) in [6.07, 6.45) is 4.70. The van der Waals surface area contributed by atoms with E-state index in [4.69, 9.17) is 4.74 Å². The fourth-order valence-corrected chi connectivity index (χ4v) is 5.32. The molecule has 0 aliphatic carbocycles. The predicted molar refractivity (Wildman–Crippen MR) is 136 cm³/mol. The minimum absolute atomic E-state index is 0.135. The first kappa shape index (κ1) is 25.0. The van der Waals surface area contributed by atoms with Crippen LogP contribution in [0.4, 0.5) is 14.7 Å². The van der Waals surface area contributed by atoms with Gasteiger partial charge in [-0.15, -0.1) is 0 Å². The first-order valence-electron chi connectivity index (χ1n) is 11.7. The third-order valence-corrected chi connectivity index (χ3v) is 7.72. The van der Waals surface area contributed by atoms with Crippen LogP contribution in [0, 0.1) is 6.92 Å². The number of benzene rings is 2. The van der Waals surface area contributed by atoms with Crippen molar-refractivity contribution in [2.24, 2.45) is 0 Å². The lowest BCUT2D eigenvalue weighted by Gasteiger charge is -2.33. The molecule has 0 N–H and O–H groups in total. The quantitative estimate of drug-likeness (QED) is 0.362. The van der Waals surface area contributed by atoms with E-state index < -0.39 is 16.6 Å². The van der Waals surface area contributed by atoms with Gasteiger partial charge in [-0.2, -0.15) is 13.1 Å². The maximum atomic E-state index is 12.9. The van der Waals surface area contributed by atoms with Crippen LogP contribution in [0.1, 0.15) is 11.4 Å². The Kier molecular flexibility index (Phi) is 6.78. The Balaban J connectivity index is 1.39. The van der Waals surface area contributed by atoms with Gasteiger partial charge in [0.1, 0.15) is 11.6 Å². The second kappa shape index (κ2) is 10.0. The van der Waals surface area contributed by atoms with E-state index in [0.717, 1.165) is 28.0 Å². The van der Waals surface area contributed by atoms with Gasteiger partial charge in [0, 0.05) is 49.7 Å². The molecule has 1 saturated heterocycles. The van der Waals surface area contributed by atoms with E-state index in [1.54, 1.807) is 30.6 Å². The normalized spacial score (nSPS) is 15.0. The fourth-order valence-electron chi connectivity index (χ4n) is 4.49. The Hall–Kier alpha value is -3.64. The molecule has 0 bridgehead atoms. The SMILES string of the molecule is Cc1nc2ccc(-c3cnc(N4CCN(S(C)(=O)=O)CC4)nc3)cc2n1Cc1ccccc1OC(F)F. The largest absolute Gasteiger partial charge is 0.434 e. The van der Waals surface area contributed by atoms with Crippen LogP contribution in [0.5, 0.6) is 5.75 Å². The van der Waals surface area contributed by atoms with E-state index >= 15 is 0 Å². The Morgan fingerprint density at radius 3 is 2.38 bits per heavy atom. The lowest BCUT2D eigenvalue weighted by atomic mass is 10.1. The third kappa shape index (κ3) is 5.39. The lowest BCUT2D eigenvalue weighted by molar-refractivity contribution is -0.0504. The molecule has 3 heterocycles. The number of aryl methyl sites for hydroxylation is 1. The summed E-state index contributed by atoms with van der Waals surface area (Å²) in [5.41, 5.74) is 3.96. The molecule has 37 heavy (non-hydrogen) atoms. The smallest absolute Gasteiger partial charge is 0.387 e. The first-order valence-corrected chi connectivity index (χ1v) is 13.6. The van der Waals surface area contributed by atoms with Crippen LogP contribution < -0.4 is 9.64 Å². The Morgan fingerprint density at radius 1 is 1.00 bits per heavy atom. The summed E-state index contributed by atoms with van der Waals surface area (Å²) in [6, 6.07) is 12.6. The van der Waals surface area contributed by atoms with Gasteiger partial charge < -0.3 is 14.2 Å². The average Bonchev–Trinajstić information content (AvgIpc) is 3.18. The number of nitrogens with zero attached hydrogens (tertiary/aromatic N) is 6. The van der Waals surface area contributed by atoms with Gasteiger partial charge in [-0.1, -0.05) is 24.3 Å². The monoisotopic (exact) mass is 528 g/mol. The number of halogens is 2. The second-order valence-corrected chi connectivity index (χ2v) is 10.8. The number of aromatic nitrogens is 4. The minimum Gasteiger partial charge on any atom is -0.434 e. The molecule has 2 aromatic carbocycles. The van der Waals surface area contributed by atoms with E-state index in [2.05, 4.69) is 15.0 Å². The third-order valence-electron chi connectivity index (χ3n) is 6.42. The van der Waals surface area contributed by atoms with Crippen molar-refractivity contribution in [3.63, 3.8) is 0 Å². The van der Waals surface area contributed by atoms with Gasteiger partial charge >= 0.3 is 6.61 Å². The zero-order chi connectivity index (χ0) is 26.2. The highest BCUT2D eigenvalue weighted by molar-refractivity contribution is 7.88. The molecular weight excluding hydrogens is 502 g/mol. The number of sulfonamides is 1. The van der Waals surface area contributed by atoms with Crippen molar-refractivity contribution < 1.29 is 21.9 Å². The average molecular weight is 529 g/mol. The number of imidazole rings is 1. The standard InChI is InChI=1S/C25H26F2N6O3S/c1-17-30-21-8-7-18(13-22(21)33(17)16-19-5-3-4-6-23(19)36-24(26)27)20-14-28-25(29-15-20)31-9-11-32(12-10-31)37(2,34)35/h3-8,13-15,24H,9-12,16H2,1-2H3. The van der Waals surface area contributed by atoms with Crippen molar-refractivity contribution in [2.75, 3.05) is 37.3 Å². The van der Waals surface area contributed by atoms with E-state index in [0.29, 0.717) is 44.2 Å². The molecule has 0 unspecified atom stereocenters. The topological polar surface area (TPSA) is 93.5 Å². The minimum atomic E-state index is -3.20. The number of fused-ring (bicyclic) bond motifs is 1. The van der Waals surface area contributed by atoms with Gasteiger partial charge in [-0.25, -0.2) is 23.4 Å². The molecule has 5 rings (SSSR count). The summed E-state index contributed by atoms with van der Waals surface area (Å²) in [6.45, 7) is 1.13. The number of alkyl halides is 2. The van der Waals surface area contributed by atoms with Gasteiger partial charge in [0.2, 0.25) is 16.0 Å². The molecule has 1 fully saturated rings. The van der Waals surface area contributed by atoms with Gasteiger partial charge in [-0.3, -0.25) is 0 Å². The molecule has 1 aliphatic rings. The summed E-state index contributed by atoms with van der Waals surface area (Å²) in [5.74, 6) is 1.43. The van der Waals surface area contributed by atoms with Crippen molar-refractivity contribution in [1.82, 2.24) is 23.8 Å². The van der Waals surface area contributed by atoms with Gasteiger partial charge in [-0.05, 0) is 30.7 Å². The summed E-state index contributed by atoms with van der Waals surface area (Å²) in [5, 5.41) is 0. The molecular formula is C25H26F2N6O3S. The number of rotatable bonds is 7. The van der Waals surface area contributed by atoms with Crippen LogP contribution in [-0.4, -0.2) is 71.3 Å². The Bertz CT molecular complexity index is 1520. The van der Waals surface area contributed by atoms with E-state index in [-0.39, 0.29) is 5.75 Å². The summed E-state index contributed by atoms with van der Waals surface area (Å²) in [4.78, 5) is 15.6. The second-order valence-electron chi connectivity index (χ2n) is 8.86. The number of para-hydroxylation sites is 1. The van der Waals surface area contributed by atoms with E-state index in [1.165, 1.54) is 16.6 Å². The van der Waals surface area contributed by atoms with Crippen LogP contribution in [0.3, 0.4) is 0 Å².